The molecule has 2 aromatic rings. The SMILES string of the molecule is CSc1ccc(C(CC(=O)O)NC(=O)c2ncoc2C)cc1. The van der Waals surface area contributed by atoms with E-state index >= 15 is 0 Å². The number of carbonyl (C=O) groups excluding carboxylic acids is 1. The molecule has 1 aromatic heterocycles. The zero-order valence-electron chi connectivity index (χ0n) is 12.2. The molecule has 7 heteroatoms. The second kappa shape index (κ2) is 7.13. The smallest absolute Gasteiger partial charge is 0.305 e. The van der Waals surface area contributed by atoms with Gasteiger partial charge in [0, 0.05) is 4.90 Å². The highest BCUT2D eigenvalue weighted by atomic mass is 32.2. The number of benzene rings is 1. The number of hydrogen-bond donors (Lipinski definition) is 2. The Balaban J connectivity index is 2.20. The van der Waals surface area contributed by atoms with Gasteiger partial charge in [0.25, 0.3) is 5.91 Å². The molecular formula is C15H16N2O4S. The number of aliphatic carboxylic acids is 1. The first kappa shape index (κ1) is 16.1. The lowest BCUT2D eigenvalue weighted by atomic mass is 10.0. The highest BCUT2D eigenvalue weighted by Crippen LogP contribution is 2.22. The normalized spacial score (nSPS) is 11.9. The first-order valence-corrected chi connectivity index (χ1v) is 7.80. The van der Waals surface area contributed by atoms with Crippen LogP contribution in [0.4, 0.5) is 0 Å². The lowest BCUT2D eigenvalue weighted by molar-refractivity contribution is -0.137. The molecular weight excluding hydrogens is 304 g/mol. The van der Waals surface area contributed by atoms with Crippen LogP contribution in [-0.4, -0.2) is 28.2 Å². The number of nitrogens with zero attached hydrogens (tertiary/aromatic N) is 1. The molecule has 1 unspecified atom stereocenters. The molecule has 2 rings (SSSR count). The van der Waals surface area contributed by atoms with Gasteiger partial charge in [0.05, 0.1) is 12.5 Å². The molecule has 1 atom stereocenters. The van der Waals surface area contributed by atoms with Gasteiger partial charge in [0.2, 0.25) is 0 Å². The summed E-state index contributed by atoms with van der Waals surface area (Å²) in [6.07, 6.45) is 2.93. The number of carboxylic acids is 1. The van der Waals surface area contributed by atoms with Crippen LogP contribution in [0.25, 0.3) is 0 Å². The van der Waals surface area contributed by atoms with Gasteiger partial charge in [-0.15, -0.1) is 11.8 Å². The largest absolute Gasteiger partial charge is 0.481 e. The third kappa shape index (κ3) is 3.88. The molecule has 0 saturated heterocycles. The molecule has 22 heavy (non-hydrogen) atoms. The second-order valence-corrected chi connectivity index (χ2v) is 5.53. The molecule has 1 aromatic carbocycles. The number of nitrogens with one attached hydrogen (secondary N) is 1. The third-order valence-corrected chi connectivity index (χ3v) is 3.91. The first-order chi connectivity index (χ1) is 10.5. The number of rotatable bonds is 6. The van der Waals surface area contributed by atoms with E-state index in [0.29, 0.717) is 5.76 Å². The molecule has 0 aliphatic heterocycles. The Hall–Kier alpha value is -2.28. The molecule has 0 saturated carbocycles. The van der Waals surface area contributed by atoms with E-state index in [4.69, 9.17) is 9.52 Å². The fourth-order valence-electron chi connectivity index (χ4n) is 2.01. The van der Waals surface area contributed by atoms with Gasteiger partial charge in [-0.25, -0.2) is 4.98 Å². The van der Waals surface area contributed by atoms with Crippen LogP contribution < -0.4 is 5.32 Å². The van der Waals surface area contributed by atoms with Gasteiger partial charge in [-0.2, -0.15) is 0 Å². The van der Waals surface area contributed by atoms with Gasteiger partial charge in [0.1, 0.15) is 5.76 Å². The van der Waals surface area contributed by atoms with Crippen molar-refractivity contribution in [2.75, 3.05) is 6.26 Å². The Morgan fingerprint density at radius 1 is 1.36 bits per heavy atom. The summed E-state index contributed by atoms with van der Waals surface area (Å²) < 4.78 is 4.99. The predicted molar refractivity (Wildman–Crippen MR) is 81.9 cm³/mol. The summed E-state index contributed by atoms with van der Waals surface area (Å²) in [5, 5.41) is 11.8. The van der Waals surface area contributed by atoms with Crippen LogP contribution in [0, 0.1) is 6.92 Å². The van der Waals surface area contributed by atoms with E-state index in [2.05, 4.69) is 10.3 Å². The quantitative estimate of drug-likeness (QED) is 0.795. The van der Waals surface area contributed by atoms with Crippen LogP contribution >= 0.6 is 11.8 Å². The number of carbonyl (C=O) groups is 2. The standard InChI is InChI=1S/C15H16N2O4S/c1-9-14(16-8-21-9)15(20)17-12(7-13(18)19)10-3-5-11(22-2)6-4-10/h3-6,8,12H,7H2,1-2H3,(H,17,20)(H,18,19). The molecule has 116 valence electrons. The van der Waals surface area contributed by atoms with E-state index in [0.717, 1.165) is 10.5 Å². The van der Waals surface area contributed by atoms with E-state index in [9.17, 15) is 9.59 Å². The Morgan fingerprint density at radius 3 is 2.55 bits per heavy atom. The summed E-state index contributed by atoms with van der Waals surface area (Å²) in [6, 6.07) is 6.78. The van der Waals surface area contributed by atoms with Crippen LogP contribution in [0.15, 0.2) is 40.0 Å². The van der Waals surface area contributed by atoms with Crippen molar-refractivity contribution in [3.05, 3.63) is 47.7 Å². The number of aromatic nitrogens is 1. The zero-order chi connectivity index (χ0) is 16.1. The molecule has 0 fully saturated rings. The molecule has 1 amide bonds. The monoisotopic (exact) mass is 320 g/mol. The van der Waals surface area contributed by atoms with Gasteiger partial charge >= 0.3 is 5.97 Å². The lowest BCUT2D eigenvalue weighted by Crippen LogP contribution is -2.30. The summed E-state index contributed by atoms with van der Waals surface area (Å²) in [7, 11) is 0. The van der Waals surface area contributed by atoms with Gasteiger partial charge in [0.15, 0.2) is 12.1 Å². The number of oxazole rings is 1. The average Bonchev–Trinajstić information content (AvgIpc) is 2.92. The minimum atomic E-state index is -0.990. The van der Waals surface area contributed by atoms with Gasteiger partial charge in [-0.3, -0.25) is 9.59 Å². The maximum atomic E-state index is 12.2. The summed E-state index contributed by atoms with van der Waals surface area (Å²) >= 11 is 1.59. The van der Waals surface area contributed by atoms with Crippen molar-refractivity contribution < 1.29 is 19.1 Å². The maximum absolute atomic E-state index is 12.2. The van der Waals surface area contributed by atoms with Crippen molar-refractivity contribution in [1.82, 2.24) is 10.3 Å². The Labute approximate surface area is 131 Å². The number of hydrogen-bond acceptors (Lipinski definition) is 5. The van der Waals surface area contributed by atoms with E-state index in [1.807, 2.05) is 30.5 Å². The summed E-state index contributed by atoms with van der Waals surface area (Å²) in [5.74, 6) is -1.05. The van der Waals surface area contributed by atoms with Crippen molar-refractivity contribution in [2.45, 2.75) is 24.3 Å². The van der Waals surface area contributed by atoms with Gasteiger partial charge < -0.3 is 14.8 Å². The first-order valence-electron chi connectivity index (χ1n) is 6.58. The average molecular weight is 320 g/mol. The van der Waals surface area contributed by atoms with E-state index in [1.54, 1.807) is 18.7 Å². The summed E-state index contributed by atoms with van der Waals surface area (Å²) in [4.78, 5) is 28.1. The Kier molecular flexibility index (Phi) is 5.21. The van der Waals surface area contributed by atoms with Crippen LogP contribution in [0.5, 0.6) is 0 Å². The van der Waals surface area contributed by atoms with Gasteiger partial charge in [-0.05, 0) is 30.9 Å². The molecule has 0 bridgehead atoms. The van der Waals surface area contributed by atoms with Crippen molar-refractivity contribution in [3.63, 3.8) is 0 Å². The number of thioether (sulfide) groups is 1. The van der Waals surface area contributed by atoms with Crippen molar-refractivity contribution >= 4 is 23.6 Å². The topological polar surface area (TPSA) is 92.4 Å². The summed E-state index contributed by atoms with van der Waals surface area (Å²) in [5.41, 5.74) is 0.894. The predicted octanol–water partition coefficient (Wildman–Crippen LogP) is 2.65. The molecule has 2 N–H and O–H groups in total. The van der Waals surface area contributed by atoms with Crippen LogP contribution in [0.1, 0.15) is 34.3 Å². The molecule has 0 aliphatic rings. The van der Waals surface area contributed by atoms with Crippen LogP contribution in [0.3, 0.4) is 0 Å². The third-order valence-electron chi connectivity index (χ3n) is 3.16. The summed E-state index contributed by atoms with van der Waals surface area (Å²) in [6.45, 7) is 1.63. The number of carboxylic acid groups (broad SMARTS) is 1. The zero-order valence-corrected chi connectivity index (χ0v) is 13.0. The molecule has 6 nitrogen and oxygen atoms in total. The minimum Gasteiger partial charge on any atom is -0.481 e. The van der Waals surface area contributed by atoms with Gasteiger partial charge in [-0.1, -0.05) is 12.1 Å². The van der Waals surface area contributed by atoms with E-state index in [-0.39, 0.29) is 12.1 Å². The molecule has 1 heterocycles. The van der Waals surface area contributed by atoms with Crippen molar-refractivity contribution in [2.24, 2.45) is 0 Å². The van der Waals surface area contributed by atoms with E-state index < -0.39 is 17.9 Å². The van der Waals surface area contributed by atoms with Crippen molar-refractivity contribution in [3.8, 4) is 0 Å². The molecule has 0 radical (unpaired) electrons. The highest BCUT2D eigenvalue weighted by molar-refractivity contribution is 7.98. The van der Waals surface area contributed by atoms with Crippen molar-refractivity contribution in [1.29, 1.82) is 0 Å². The minimum absolute atomic E-state index is 0.163. The van der Waals surface area contributed by atoms with E-state index in [1.165, 1.54) is 6.39 Å². The fourth-order valence-corrected chi connectivity index (χ4v) is 2.42. The fraction of sp³-hybridized carbons (Fsp3) is 0.267. The van der Waals surface area contributed by atoms with Crippen LogP contribution in [-0.2, 0) is 4.79 Å². The second-order valence-electron chi connectivity index (χ2n) is 4.65. The maximum Gasteiger partial charge on any atom is 0.305 e. The van der Waals surface area contributed by atoms with Crippen LogP contribution in [0.2, 0.25) is 0 Å². The Bertz CT molecular complexity index is 666. The Morgan fingerprint density at radius 2 is 2.05 bits per heavy atom. The number of aryl methyl sites for hydroxylation is 1. The molecule has 0 aliphatic carbocycles. The number of amides is 1. The lowest BCUT2D eigenvalue weighted by Gasteiger charge is -2.17. The molecule has 0 spiro atoms. The highest BCUT2D eigenvalue weighted by Gasteiger charge is 2.21.